The fourth-order valence-corrected chi connectivity index (χ4v) is 3.30. The van der Waals surface area contributed by atoms with Crippen LogP contribution in [0.4, 0.5) is 5.82 Å². The fraction of sp³-hybridized carbons (Fsp3) is 0.286. The Morgan fingerprint density at radius 3 is 2.97 bits per heavy atom. The lowest BCUT2D eigenvalue weighted by molar-refractivity contribution is -0.125. The Morgan fingerprint density at radius 2 is 2.10 bits per heavy atom. The molecule has 29 heavy (non-hydrogen) atoms. The van der Waals surface area contributed by atoms with Gasteiger partial charge in [-0.1, -0.05) is 6.07 Å². The van der Waals surface area contributed by atoms with Gasteiger partial charge in [0.15, 0.2) is 11.5 Å². The number of anilines is 1. The van der Waals surface area contributed by atoms with Crippen LogP contribution >= 0.6 is 0 Å². The van der Waals surface area contributed by atoms with Gasteiger partial charge in [0.25, 0.3) is 0 Å². The molecule has 2 aliphatic heterocycles. The predicted octanol–water partition coefficient (Wildman–Crippen LogP) is 1.87. The van der Waals surface area contributed by atoms with Crippen molar-refractivity contribution in [3.63, 3.8) is 0 Å². The number of carbonyl (C=O) groups excluding carboxylic acids is 2. The number of hydrogen-bond donors (Lipinski definition) is 1. The third kappa shape index (κ3) is 4.38. The molecular weight excluding hydrogens is 372 g/mol. The van der Waals surface area contributed by atoms with Crippen LogP contribution in [0.25, 0.3) is 6.08 Å². The van der Waals surface area contributed by atoms with Crippen LogP contribution in [0.3, 0.4) is 0 Å². The number of nitrogens with one attached hydrogen (secondary N) is 1. The van der Waals surface area contributed by atoms with Crippen LogP contribution < -0.4 is 14.8 Å². The number of ether oxygens (including phenoxy) is 2. The predicted molar refractivity (Wildman–Crippen MR) is 107 cm³/mol. The Labute approximate surface area is 168 Å². The average molecular weight is 394 g/mol. The lowest BCUT2D eigenvalue weighted by Gasteiger charge is -2.15. The standard InChI is InChI=1S/C21H22N4O4/c1-24-11-16-7-14(9-22-21(16)23-19(26)12-24)4-6-20(27)25(2)10-15-3-5-17-18(8-15)29-13-28-17/h3-9H,10-13H2,1-2H3,(H,22,23,26). The summed E-state index contributed by atoms with van der Waals surface area (Å²) in [5, 5.41) is 2.80. The van der Waals surface area contributed by atoms with Crippen LogP contribution in [0.15, 0.2) is 36.5 Å². The van der Waals surface area contributed by atoms with Crippen molar-refractivity contribution in [2.75, 3.05) is 32.7 Å². The second kappa shape index (κ2) is 7.92. The number of hydrogen-bond acceptors (Lipinski definition) is 6. The van der Waals surface area contributed by atoms with E-state index in [1.54, 1.807) is 24.2 Å². The second-order valence-corrected chi connectivity index (χ2v) is 7.21. The third-order valence-electron chi connectivity index (χ3n) is 4.75. The van der Waals surface area contributed by atoms with Crippen LogP contribution in [0.5, 0.6) is 11.5 Å². The molecule has 0 fully saturated rings. The highest BCUT2D eigenvalue weighted by atomic mass is 16.7. The molecule has 4 rings (SSSR count). The first-order chi connectivity index (χ1) is 14.0. The molecule has 0 atom stereocenters. The summed E-state index contributed by atoms with van der Waals surface area (Å²) in [6.45, 7) is 1.62. The van der Waals surface area contributed by atoms with Crippen LogP contribution in [0.2, 0.25) is 0 Å². The Bertz CT molecular complexity index is 989. The van der Waals surface area contributed by atoms with E-state index in [-0.39, 0.29) is 18.6 Å². The molecule has 0 unspecified atom stereocenters. The molecule has 0 aliphatic carbocycles. The number of fused-ring (bicyclic) bond motifs is 2. The largest absolute Gasteiger partial charge is 0.454 e. The van der Waals surface area contributed by atoms with Crippen molar-refractivity contribution in [1.82, 2.24) is 14.8 Å². The van der Waals surface area contributed by atoms with Crippen molar-refractivity contribution >= 4 is 23.7 Å². The summed E-state index contributed by atoms with van der Waals surface area (Å²) in [4.78, 5) is 32.1. The Kier molecular flexibility index (Phi) is 5.18. The summed E-state index contributed by atoms with van der Waals surface area (Å²) in [5.41, 5.74) is 2.68. The van der Waals surface area contributed by atoms with Gasteiger partial charge in [-0.15, -0.1) is 0 Å². The normalized spacial score (nSPS) is 15.7. The minimum atomic E-state index is -0.122. The Morgan fingerprint density at radius 1 is 1.28 bits per heavy atom. The maximum Gasteiger partial charge on any atom is 0.246 e. The van der Waals surface area contributed by atoms with E-state index in [0.29, 0.717) is 31.2 Å². The minimum Gasteiger partial charge on any atom is -0.454 e. The number of nitrogens with zero attached hydrogens (tertiary/aromatic N) is 3. The molecule has 2 aliphatic rings. The van der Waals surface area contributed by atoms with E-state index >= 15 is 0 Å². The number of aromatic nitrogens is 1. The van der Waals surface area contributed by atoms with Crippen LogP contribution in [-0.4, -0.2) is 54.0 Å². The topological polar surface area (TPSA) is 84.0 Å². The van der Waals surface area contributed by atoms with Crippen molar-refractivity contribution in [3.05, 3.63) is 53.2 Å². The summed E-state index contributed by atoms with van der Waals surface area (Å²) in [6, 6.07) is 7.59. The lowest BCUT2D eigenvalue weighted by atomic mass is 10.1. The Balaban J connectivity index is 1.42. The van der Waals surface area contributed by atoms with E-state index < -0.39 is 0 Å². The van der Waals surface area contributed by atoms with E-state index in [0.717, 1.165) is 22.4 Å². The van der Waals surface area contributed by atoms with Gasteiger partial charge < -0.3 is 19.7 Å². The molecule has 2 aromatic rings. The minimum absolute atomic E-state index is 0.0811. The van der Waals surface area contributed by atoms with Crippen molar-refractivity contribution in [3.8, 4) is 11.5 Å². The third-order valence-corrected chi connectivity index (χ3v) is 4.75. The molecule has 0 saturated heterocycles. The van der Waals surface area contributed by atoms with Crippen molar-refractivity contribution in [2.24, 2.45) is 0 Å². The molecule has 0 spiro atoms. The fourth-order valence-electron chi connectivity index (χ4n) is 3.30. The molecular formula is C21H22N4O4. The molecule has 1 aromatic heterocycles. The van der Waals surface area contributed by atoms with Gasteiger partial charge in [-0.25, -0.2) is 4.98 Å². The molecule has 1 N–H and O–H groups in total. The highest BCUT2D eigenvalue weighted by molar-refractivity contribution is 5.93. The number of rotatable bonds is 4. The highest BCUT2D eigenvalue weighted by Gasteiger charge is 2.18. The maximum absolute atomic E-state index is 12.5. The van der Waals surface area contributed by atoms with E-state index in [1.165, 1.54) is 6.08 Å². The van der Waals surface area contributed by atoms with Gasteiger partial charge in [-0.2, -0.15) is 0 Å². The first-order valence-electron chi connectivity index (χ1n) is 9.27. The van der Waals surface area contributed by atoms with Gasteiger partial charge in [0.05, 0.1) is 6.54 Å². The van der Waals surface area contributed by atoms with Gasteiger partial charge >= 0.3 is 0 Å². The molecule has 0 bridgehead atoms. The van der Waals surface area contributed by atoms with Gasteiger partial charge in [-0.05, 0) is 42.4 Å². The molecule has 3 heterocycles. The van der Waals surface area contributed by atoms with E-state index in [2.05, 4.69) is 10.3 Å². The monoisotopic (exact) mass is 394 g/mol. The summed E-state index contributed by atoms with van der Waals surface area (Å²) < 4.78 is 10.7. The summed E-state index contributed by atoms with van der Waals surface area (Å²) >= 11 is 0. The SMILES string of the molecule is CN1CC(=O)Nc2ncc(C=CC(=O)N(C)Cc3ccc4c(c3)OCO4)cc2C1. The summed E-state index contributed by atoms with van der Waals surface area (Å²) in [5.74, 6) is 1.79. The van der Waals surface area contributed by atoms with Gasteiger partial charge in [-0.3, -0.25) is 14.5 Å². The number of pyridine rings is 1. The highest BCUT2D eigenvalue weighted by Crippen LogP contribution is 2.32. The first kappa shape index (κ1) is 18.9. The number of benzene rings is 1. The zero-order valence-corrected chi connectivity index (χ0v) is 16.3. The molecule has 1 aromatic carbocycles. The summed E-state index contributed by atoms with van der Waals surface area (Å²) in [7, 11) is 3.63. The smallest absolute Gasteiger partial charge is 0.246 e. The molecule has 8 heteroatoms. The van der Waals surface area contributed by atoms with Crippen molar-refractivity contribution in [1.29, 1.82) is 0 Å². The van der Waals surface area contributed by atoms with Crippen LogP contribution in [-0.2, 0) is 22.7 Å². The van der Waals surface area contributed by atoms with Gasteiger partial charge in [0.1, 0.15) is 5.82 Å². The average Bonchev–Trinajstić information content (AvgIpc) is 3.09. The molecule has 8 nitrogen and oxygen atoms in total. The molecule has 150 valence electrons. The molecule has 2 amide bonds. The van der Waals surface area contributed by atoms with Crippen molar-refractivity contribution in [2.45, 2.75) is 13.1 Å². The first-order valence-corrected chi connectivity index (χ1v) is 9.27. The number of amides is 2. The maximum atomic E-state index is 12.5. The van der Waals surface area contributed by atoms with E-state index in [1.807, 2.05) is 36.2 Å². The second-order valence-electron chi connectivity index (χ2n) is 7.21. The quantitative estimate of drug-likeness (QED) is 0.797. The number of likely N-dealkylation sites (N-methyl/N-ethyl adjacent to an activating group) is 2. The number of carbonyl (C=O) groups is 2. The van der Waals surface area contributed by atoms with E-state index in [9.17, 15) is 9.59 Å². The molecule has 0 radical (unpaired) electrons. The lowest BCUT2D eigenvalue weighted by Crippen LogP contribution is -2.26. The zero-order valence-electron chi connectivity index (χ0n) is 16.3. The zero-order chi connectivity index (χ0) is 20.4. The summed E-state index contributed by atoms with van der Waals surface area (Å²) in [6.07, 6.45) is 4.90. The molecule has 0 saturated carbocycles. The van der Waals surface area contributed by atoms with Crippen molar-refractivity contribution < 1.29 is 19.1 Å². The van der Waals surface area contributed by atoms with Crippen LogP contribution in [0.1, 0.15) is 16.7 Å². The van der Waals surface area contributed by atoms with Gasteiger partial charge in [0, 0.05) is 38.0 Å². The van der Waals surface area contributed by atoms with Crippen LogP contribution in [0, 0.1) is 0 Å². The van der Waals surface area contributed by atoms with E-state index in [4.69, 9.17) is 9.47 Å². The Hall–Kier alpha value is -3.39. The van der Waals surface area contributed by atoms with Gasteiger partial charge in [0.2, 0.25) is 18.6 Å².